The van der Waals surface area contributed by atoms with E-state index in [4.69, 9.17) is 27.9 Å². The zero-order valence-corrected chi connectivity index (χ0v) is 20.8. The quantitative estimate of drug-likeness (QED) is 0.265. The number of amides is 1. The van der Waals surface area contributed by atoms with E-state index in [0.29, 0.717) is 28.0 Å². The minimum absolute atomic E-state index is 0.252. The van der Waals surface area contributed by atoms with Crippen molar-refractivity contribution in [3.63, 3.8) is 0 Å². The number of nitrogens with one attached hydrogen (secondary N) is 1. The van der Waals surface area contributed by atoms with Gasteiger partial charge in [-0.25, -0.2) is 5.43 Å². The van der Waals surface area contributed by atoms with E-state index < -0.39 is 0 Å². The maximum atomic E-state index is 12.4. The standard InChI is InChI=1S/C25H22BrCl2N3O2/c26-22-13-17(3-10-24(22)33-16-19-4-7-20(27)14-23(19)28)15-29-30-25(32)18-5-8-21(9-6-18)31-11-1-2-12-31/h3-10,13-15H,1-2,11-12,16H2,(H,30,32)/b29-15-. The Morgan fingerprint density at radius 2 is 1.82 bits per heavy atom. The highest BCUT2D eigenvalue weighted by molar-refractivity contribution is 9.10. The average Bonchev–Trinajstić information content (AvgIpc) is 3.35. The molecule has 1 aliphatic rings. The number of hydrazone groups is 1. The van der Waals surface area contributed by atoms with Gasteiger partial charge in [0.15, 0.2) is 0 Å². The summed E-state index contributed by atoms with van der Waals surface area (Å²) in [5, 5.41) is 5.22. The van der Waals surface area contributed by atoms with Gasteiger partial charge in [-0.15, -0.1) is 0 Å². The van der Waals surface area contributed by atoms with Crippen LogP contribution in [0.1, 0.15) is 34.3 Å². The van der Waals surface area contributed by atoms with Crippen LogP contribution in [0.15, 0.2) is 70.2 Å². The van der Waals surface area contributed by atoms with Gasteiger partial charge >= 0.3 is 0 Å². The molecule has 3 aromatic carbocycles. The molecule has 1 N–H and O–H groups in total. The number of carbonyl (C=O) groups excluding carboxylic acids is 1. The number of halogens is 3. The highest BCUT2D eigenvalue weighted by atomic mass is 79.9. The van der Waals surface area contributed by atoms with Gasteiger partial charge in [0, 0.05) is 39.9 Å². The molecule has 8 heteroatoms. The lowest BCUT2D eigenvalue weighted by molar-refractivity contribution is 0.0955. The molecule has 0 unspecified atom stereocenters. The third-order valence-corrected chi connectivity index (χ3v) is 6.54. The minimum Gasteiger partial charge on any atom is -0.488 e. The van der Waals surface area contributed by atoms with Crippen LogP contribution in [0.3, 0.4) is 0 Å². The highest BCUT2D eigenvalue weighted by Crippen LogP contribution is 2.28. The molecule has 1 saturated heterocycles. The summed E-state index contributed by atoms with van der Waals surface area (Å²) in [5.74, 6) is 0.415. The van der Waals surface area contributed by atoms with Crippen LogP contribution in [0.4, 0.5) is 5.69 Å². The number of hydrogen-bond acceptors (Lipinski definition) is 4. The number of nitrogens with zero attached hydrogens (tertiary/aromatic N) is 2. The summed E-state index contributed by atoms with van der Waals surface area (Å²) in [4.78, 5) is 14.7. The van der Waals surface area contributed by atoms with Crippen molar-refractivity contribution in [3.05, 3.63) is 91.9 Å². The lowest BCUT2D eigenvalue weighted by atomic mass is 10.2. The molecular formula is C25H22BrCl2N3O2. The number of hydrogen-bond donors (Lipinski definition) is 1. The first-order valence-electron chi connectivity index (χ1n) is 10.5. The maximum Gasteiger partial charge on any atom is 0.271 e. The number of ether oxygens (including phenoxy) is 1. The van der Waals surface area contributed by atoms with Crippen molar-refractivity contribution in [1.29, 1.82) is 0 Å². The van der Waals surface area contributed by atoms with Crippen LogP contribution in [0.25, 0.3) is 0 Å². The molecule has 1 amide bonds. The van der Waals surface area contributed by atoms with Crippen molar-refractivity contribution in [1.82, 2.24) is 5.43 Å². The largest absolute Gasteiger partial charge is 0.488 e. The summed E-state index contributed by atoms with van der Waals surface area (Å²) in [6.45, 7) is 2.46. The molecule has 0 aliphatic carbocycles. The molecular weight excluding hydrogens is 525 g/mol. The lowest BCUT2D eigenvalue weighted by Crippen LogP contribution is -2.19. The molecule has 33 heavy (non-hydrogen) atoms. The van der Waals surface area contributed by atoms with E-state index in [1.165, 1.54) is 12.8 Å². The molecule has 3 aromatic rings. The van der Waals surface area contributed by atoms with E-state index >= 15 is 0 Å². The van der Waals surface area contributed by atoms with Gasteiger partial charge in [-0.05, 0) is 88.9 Å². The molecule has 0 bridgehead atoms. The van der Waals surface area contributed by atoms with Gasteiger partial charge in [0.2, 0.25) is 0 Å². The Hall–Kier alpha value is -2.54. The van der Waals surface area contributed by atoms with E-state index in [-0.39, 0.29) is 5.91 Å². The number of carbonyl (C=O) groups is 1. The van der Waals surface area contributed by atoms with E-state index in [0.717, 1.165) is 34.4 Å². The molecule has 5 nitrogen and oxygen atoms in total. The fraction of sp³-hybridized carbons (Fsp3) is 0.200. The third kappa shape index (κ3) is 6.28. The Kier molecular flexibility index (Phi) is 7.91. The Morgan fingerprint density at radius 1 is 1.06 bits per heavy atom. The summed E-state index contributed by atoms with van der Waals surface area (Å²) in [6, 6.07) is 18.5. The topological polar surface area (TPSA) is 53.9 Å². The zero-order chi connectivity index (χ0) is 23.2. The van der Waals surface area contributed by atoms with Crippen LogP contribution in [-0.2, 0) is 6.61 Å². The summed E-state index contributed by atoms with van der Waals surface area (Å²) in [6.07, 6.45) is 4.02. The third-order valence-electron chi connectivity index (χ3n) is 5.33. The Labute approximate surface area is 211 Å². The predicted molar refractivity (Wildman–Crippen MR) is 138 cm³/mol. The first-order valence-corrected chi connectivity index (χ1v) is 12.1. The SMILES string of the molecule is O=C(N/N=C\c1ccc(OCc2ccc(Cl)cc2Cl)c(Br)c1)c1ccc(N2CCCC2)cc1. The van der Waals surface area contributed by atoms with Crippen LogP contribution in [0.2, 0.25) is 10.0 Å². The summed E-state index contributed by atoms with van der Waals surface area (Å²) in [5.41, 5.74) is 5.95. The second-order valence-corrected chi connectivity index (χ2v) is 9.35. The van der Waals surface area contributed by atoms with Gasteiger partial charge in [-0.3, -0.25) is 4.79 Å². The maximum absolute atomic E-state index is 12.4. The van der Waals surface area contributed by atoms with Crippen LogP contribution in [-0.4, -0.2) is 25.2 Å². The molecule has 1 heterocycles. The fourth-order valence-electron chi connectivity index (χ4n) is 3.54. The number of benzene rings is 3. The second kappa shape index (κ2) is 11.1. The van der Waals surface area contributed by atoms with Crippen molar-refractivity contribution in [2.45, 2.75) is 19.4 Å². The van der Waals surface area contributed by atoms with Crippen molar-refractivity contribution in [2.24, 2.45) is 5.10 Å². The van der Waals surface area contributed by atoms with Crippen molar-refractivity contribution in [2.75, 3.05) is 18.0 Å². The predicted octanol–water partition coefficient (Wildman–Crippen LogP) is 6.70. The number of rotatable bonds is 7. The Morgan fingerprint density at radius 3 is 2.52 bits per heavy atom. The first-order chi connectivity index (χ1) is 16.0. The van der Waals surface area contributed by atoms with Crippen molar-refractivity contribution >= 4 is 56.9 Å². The van der Waals surface area contributed by atoms with Crippen LogP contribution in [0, 0.1) is 0 Å². The first kappa shape index (κ1) is 23.6. The molecule has 0 atom stereocenters. The molecule has 1 aliphatic heterocycles. The van der Waals surface area contributed by atoms with Gasteiger partial charge in [0.25, 0.3) is 5.91 Å². The average molecular weight is 547 g/mol. The molecule has 0 aromatic heterocycles. The van der Waals surface area contributed by atoms with Gasteiger partial charge in [0.1, 0.15) is 12.4 Å². The normalized spacial score (nSPS) is 13.5. The van der Waals surface area contributed by atoms with E-state index in [9.17, 15) is 4.79 Å². The van der Waals surface area contributed by atoms with Gasteiger partial charge in [-0.1, -0.05) is 29.3 Å². The Balaban J connectivity index is 1.31. The van der Waals surface area contributed by atoms with Crippen LogP contribution in [0.5, 0.6) is 5.75 Å². The highest BCUT2D eigenvalue weighted by Gasteiger charge is 2.13. The number of anilines is 1. The molecule has 0 saturated carbocycles. The van der Waals surface area contributed by atoms with E-state index in [1.807, 2.05) is 48.5 Å². The molecule has 4 rings (SSSR count). The monoisotopic (exact) mass is 545 g/mol. The van der Waals surface area contributed by atoms with E-state index in [1.54, 1.807) is 18.3 Å². The summed E-state index contributed by atoms with van der Waals surface area (Å²) >= 11 is 15.6. The van der Waals surface area contributed by atoms with Crippen molar-refractivity contribution < 1.29 is 9.53 Å². The van der Waals surface area contributed by atoms with E-state index in [2.05, 4.69) is 31.4 Å². The van der Waals surface area contributed by atoms with Crippen LogP contribution >= 0.6 is 39.1 Å². The fourth-order valence-corrected chi connectivity index (χ4v) is 4.51. The van der Waals surface area contributed by atoms with Crippen molar-refractivity contribution in [3.8, 4) is 5.75 Å². The summed E-state index contributed by atoms with van der Waals surface area (Å²) in [7, 11) is 0. The van der Waals surface area contributed by atoms with Crippen LogP contribution < -0.4 is 15.1 Å². The molecule has 0 radical (unpaired) electrons. The zero-order valence-electron chi connectivity index (χ0n) is 17.7. The lowest BCUT2D eigenvalue weighted by Gasteiger charge is -2.17. The Bertz CT molecular complexity index is 1160. The smallest absolute Gasteiger partial charge is 0.271 e. The molecule has 1 fully saturated rings. The molecule has 170 valence electrons. The summed E-state index contributed by atoms with van der Waals surface area (Å²) < 4.78 is 6.62. The van der Waals surface area contributed by atoms with Gasteiger partial charge in [-0.2, -0.15) is 5.10 Å². The molecule has 0 spiro atoms. The van der Waals surface area contributed by atoms with Gasteiger partial charge in [0.05, 0.1) is 10.7 Å². The van der Waals surface area contributed by atoms with Gasteiger partial charge < -0.3 is 9.64 Å². The second-order valence-electron chi connectivity index (χ2n) is 7.65. The minimum atomic E-state index is -0.252.